The first kappa shape index (κ1) is 13.8. The number of methoxy groups -OCH3 is 1. The topological polar surface area (TPSA) is 98.7 Å². The van der Waals surface area contributed by atoms with E-state index in [0.717, 1.165) is 19.3 Å². The molecule has 20 heavy (non-hydrogen) atoms. The highest BCUT2D eigenvalue weighted by Crippen LogP contribution is 2.34. The summed E-state index contributed by atoms with van der Waals surface area (Å²) >= 11 is 1.34. The first-order valence-corrected chi connectivity index (χ1v) is 8.60. The molecule has 0 aromatic carbocycles. The van der Waals surface area contributed by atoms with Crippen LogP contribution in [0.1, 0.15) is 19.3 Å². The van der Waals surface area contributed by atoms with E-state index in [-0.39, 0.29) is 23.0 Å². The van der Waals surface area contributed by atoms with Crippen molar-refractivity contribution in [2.75, 3.05) is 19.4 Å². The zero-order valence-corrected chi connectivity index (χ0v) is 12.6. The molecule has 7 nitrogen and oxygen atoms in total. The maximum Gasteiger partial charge on any atom is 0.260 e. The summed E-state index contributed by atoms with van der Waals surface area (Å²) in [6.45, 7) is 0.253. The standard InChI is InChI=1S/C11H16N4O3S2/c1-18-11(3-2-4-11)7-13-20(16,17)9-8(12)14-10-15(9)5-6-19-10/h5-6,13H,2-4,7,12H2,1H3. The molecule has 0 unspecified atom stereocenters. The number of nitrogens with two attached hydrogens (primary N) is 1. The number of thiazole rings is 1. The third-order valence-electron chi connectivity index (χ3n) is 3.78. The minimum Gasteiger partial charge on any atom is -0.381 e. The smallest absolute Gasteiger partial charge is 0.260 e. The molecular weight excluding hydrogens is 300 g/mol. The van der Waals surface area contributed by atoms with Gasteiger partial charge in [-0.2, -0.15) is 0 Å². The molecule has 3 rings (SSSR count). The molecule has 0 saturated heterocycles. The van der Waals surface area contributed by atoms with Gasteiger partial charge >= 0.3 is 0 Å². The van der Waals surface area contributed by atoms with Crippen LogP contribution in [0.3, 0.4) is 0 Å². The summed E-state index contributed by atoms with van der Waals surface area (Å²) in [5.74, 6) is 0.0180. The molecule has 9 heteroatoms. The summed E-state index contributed by atoms with van der Waals surface area (Å²) < 4.78 is 34.3. The van der Waals surface area contributed by atoms with Gasteiger partial charge < -0.3 is 10.5 Å². The lowest BCUT2D eigenvalue weighted by Crippen LogP contribution is -2.49. The number of imidazole rings is 1. The molecule has 0 radical (unpaired) electrons. The van der Waals surface area contributed by atoms with Gasteiger partial charge in [-0.1, -0.05) is 0 Å². The summed E-state index contributed by atoms with van der Waals surface area (Å²) in [5.41, 5.74) is 5.35. The second kappa shape index (κ2) is 4.69. The molecule has 0 aliphatic heterocycles. The Morgan fingerprint density at radius 1 is 1.60 bits per heavy atom. The molecule has 2 aromatic heterocycles. The predicted molar refractivity (Wildman–Crippen MR) is 76.3 cm³/mol. The maximum absolute atomic E-state index is 12.4. The minimum atomic E-state index is -3.71. The van der Waals surface area contributed by atoms with Gasteiger partial charge in [-0.25, -0.2) is 18.1 Å². The number of anilines is 1. The van der Waals surface area contributed by atoms with Crippen molar-refractivity contribution in [1.82, 2.24) is 14.1 Å². The Hall–Kier alpha value is -1.16. The van der Waals surface area contributed by atoms with Crippen LogP contribution in [0.15, 0.2) is 16.6 Å². The van der Waals surface area contributed by atoms with Crippen LogP contribution in [0.2, 0.25) is 0 Å². The molecule has 110 valence electrons. The van der Waals surface area contributed by atoms with E-state index in [9.17, 15) is 8.42 Å². The van der Waals surface area contributed by atoms with Gasteiger partial charge in [-0.15, -0.1) is 11.3 Å². The van der Waals surface area contributed by atoms with Gasteiger partial charge in [0.15, 0.2) is 15.8 Å². The van der Waals surface area contributed by atoms with Crippen molar-refractivity contribution in [1.29, 1.82) is 0 Å². The third-order valence-corrected chi connectivity index (χ3v) is 5.98. The SMILES string of the molecule is COC1(CNS(=O)(=O)c2c(N)nc3sccn23)CCC1. The number of hydrogen-bond acceptors (Lipinski definition) is 6. The number of nitrogen functional groups attached to an aromatic ring is 1. The number of nitrogens with one attached hydrogen (secondary N) is 1. The quantitative estimate of drug-likeness (QED) is 0.851. The molecule has 0 atom stereocenters. The summed E-state index contributed by atoms with van der Waals surface area (Å²) in [7, 11) is -2.10. The average molecular weight is 316 g/mol. The molecule has 1 fully saturated rings. The van der Waals surface area contributed by atoms with Crippen LogP contribution in [0.25, 0.3) is 4.96 Å². The lowest BCUT2D eigenvalue weighted by Gasteiger charge is -2.40. The van der Waals surface area contributed by atoms with E-state index in [4.69, 9.17) is 10.5 Å². The second-order valence-corrected chi connectivity index (χ2v) is 7.48. The van der Waals surface area contributed by atoms with Crippen molar-refractivity contribution in [3.8, 4) is 0 Å². The van der Waals surface area contributed by atoms with Gasteiger partial charge in [0.05, 0.1) is 5.60 Å². The molecule has 3 N–H and O–H groups in total. The predicted octanol–water partition coefficient (Wildman–Crippen LogP) is 0.825. The number of sulfonamides is 1. The molecule has 1 aliphatic rings. The normalized spacial score (nSPS) is 18.2. The zero-order chi connectivity index (χ0) is 14.4. The molecule has 0 amide bonds. The Kier molecular flexibility index (Phi) is 3.24. The van der Waals surface area contributed by atoms with Crippen LogP contribution in [0.4, 0.5) is 5.82 Å². The van der Waals surface area contributed by atoms with Gasteiger partial charge in [-0.05, 0) is 19.3 Å². The Bertz CT molecular complexity index is 725. The van der Waals surface area contributed by atoms with Crippen molar-refractivity contribution >= 4 is 32.1 Å². The molecule has 2 aromatic rings. The van der Waals surface area contributed by atoms with Crippen molar-refractivity contribution in [3.05, 3.63) is 11.6 Å². The van der Waals surface area contributed by atoms with Crippen molar-refractivity contribution in [3.63, 3.8) is 0 Å². The maximum atomic E-state index is 12.4. The molecule has 1 aliphatic carbocycles. The van der Waals surface area contributed by atoms with Crippen molar-refractivity contribution in [2.24, 2.45) is 0 Å². The summed E-state index contributed by atoms with van der Waals surface area (Å²) in [6.07, 6.45) is 4.43. The monoisotopic (exact) mass is 316 g/mol. The van der Waals surface area contributed by atoms with Crippen LogP contribution in [-0.2, 0) is 14.8 Å². The van der Waals surface area contributed by atoms with Gasteiger partial charge in [0, 0.05) is 25.2 Å². The highest BCUT2D eigenvalue weighted by molar-refractivity contribution is 7.89. The molecule has 0 spiro atoms. The Labute approximate surface area is 120 Å². The van der Waals surface area contributed by atoms with Gasteiger partial charge in [0.2, 0.25) is 0 Å². The second-order valence-electron chi connectivity index (χ2n) is 4.92. The van der Waals surface area contributed by atoms with E-state index in [1.54, 1.807) is 18.7 Å². The van der Waals surface area contributed by atoms with Crippen molar-refractivity contribution in [2.45, 2.75) is 29.9 Å². The number of rotatable bonds is 5. The fourth-order valence-corrected chi connectivity index (χ4v) is 4.46. The summed E-state index contributed by atoms with van der Waals surface area (Å²) in [4.78, 5) is 4.61. The minimum absolute atomic E-state index is 0.000624. The number of ether oxygens (including phenoxy) is 1. The molecule has 1 saturated carbocycles. The highest BCUT2D eigenvalue weighted by Gasteiger charge is 2.38. The van der Waals surface area contributed by atoms with Gasteiger partial charge in [0.25, 0.3) is 10.0 Å². The van der Waals surface area contributed by atoms with Crippen molar-refractivity contribution < 1.29 is 13.2 Å². The highest BCUT2D eigenvalue weighted by atomic mass is 32.2. The van der Waals surface area contributed by atoms with E-state index in [1.165, 1.54) is 15.7 Å². The van der Waals surface area contributed by atoms with Crippen LogP contribution in [0.5, 0.6) is 0 Å². The lowest BCUT2D eigenvalue weighted by atomic mass is 9.80. The Balaban J connectivity index is 1.88. The first-order chi connectivity index (χ1) is 9.47. The van der Waals surface area contributed by atoms with Gasteiger partial charge in [-0.3, -0.25) is 4.40 Å². The zero-order valence-electron chi connectivity index (χ0n) is 11.0. The fourth-order valence-electron chi connectivity index (χ4n) is 2.37. The fraction of sp³-hybridized carbons (Fsp3) is 0.545. The number of hydrogen-bond donors (Lipinski definition) is 2. The number of nitrogens with zero attached hydrogens (tertiary/aromatic N) is 2. The van der Waals surface area contributed by atoms with Crippen LogP contribution in [-0.4, -0.2) is 37.1 Å². The Morgan fingerprint density at radius 2 is 2.35 bits per heavy atom. The average Bonchev–Trinajstić information content (AvgIpc) is 2.87. The molecule has 2 heterocycles. The number of fused-ring (bicyclic) bond motifs is 1. The molecule has 0 bridgehead atoms. The van der Waals surface area contributed by atoms with E-state index in [1.807, 2.05) is 0 Å². The third kappa shape index (κ3) is 2.10. The van der Waals surface area contributed by atoms with E-state index in [2.05, 4.69) is 9.71 Å². The Morgan fingerprint density at radius 3 is 2.95 bits per heavy atom. The van der Waals surface area contributed by atoms with Crippen LogP contribution >= 0.6 is 11.3 Å². The lowest BCUT2D eigenvalue weighted by molar-refractivity contribution is -0.0659. The summed E-state index contributed by atoms with van der Waals surface area (Å²) in [6, 6.07) is 0. The number of aromatic nitrogens is 2. The van der Waals surface area contributed by atoms with E-state index >= 15 is 0 Å². The van der Waals surface area contributed by atoms with E-state index < -0.39 is 10.0 Å². The largest absolute Gasteiger partial charge is 0.381 e. The summed E-state index contributed by atoms with van der Waals surface area (Å²) in [5, 5.41) is 1.77. The van der Waals surface area contributed by atoms with E-state index in [0.29, 0.717) is 4.96 Å². The van der Waals surface area contributed by atoms with Gasteiger partial charge in [0.1, 0.15) is 0 Å². The molecular formula is C11H16N4O3S2. The van der Waals surface area contributed by atoms with Crippen LogP contribution < -0.4 is 10.5 Å². The van der Waals surface area contributed by atoms with Crippen LogP contribution in [0, 0.1) is 0 Å². The first-order valence-electron chi connectivity index (χ1n) is 6.23.